The third kappa shape index (κ3) is 3.71. The number of likely N-dealkylation sites (tertiary alicyclic amines) is 1. The zero-order valence-electron chi connectivity index (χ0n) is 15.6. The van der Waals surface area contributed by atoms with Gasteiger partial charge in [-0.3, -0.25) is 14.3 Å². The van der Waals surface area contributed by atoms with E-state index < -0.39 is 0 Å². The van der Waals surface area contributed by atoms with Gasteiger partial charge >= 0.3 is 0 Å². The molecule has 1 saturated carbocycles. The Bertz CT molecular complexity index is 862. The van der Waals surface area contributed by atoms with Crippen LogP contribution >= 0.6 is 0 Å². The molecule has 0 unspecified atom stereocenters. The first-order valence-corrected chi connectivity index (χ1v) is 10.1. The molecule has 2 aliphatic heterocycles. The van der Waals surface area contributed by atoms with Crippen molar-refractivity contribution in [2.75, 3.05) is 19.7 Å². The van der Waals surface area contributed by atoms with Gasteiger partial charge in [-0.1, -0.05) is 5.16 Å². The van der Waals surface area contributed by atoms with Gasteiger partial charge in [0, 0.05) is 37.1 Å². The van der Waals surface area contributed by atoms with Gasteiger partial charge in [0.25, 0.3) is 5.56 Å². The van der Waals surface area contributed by atoms with Crippen LogP contribution in [0.25, 0.3) is 0 Å². The highest BCUT2D eigenvalue weighted by Crippen LogP contribution is 2.38. The molecule has 3 aliphatic rings. The Labute approximate surface area is 158 Å². The molecule has 4 heterocycles. The molecule has 2 fully saturated rings. The lowest BCUT2D eigenvalue weighted by atomic mass is 9.96. The molecule has 0 bridgehead atoms. The van der Waals surface area contributed by atoms with Crippen molar-refractivity contribution in [2.24, 2.45) is 5.92 Å². The molecule has 5 rings (SSSR count). The summed E-state index contributed by atoms with van der Waals surface area (Å²) in [5.74, 6) is 2.05. The van der Waals surface area contributed by atoms with Crippen molar-refractivity contribution < 1.29 is 9.26 Å². The summed E-state index contributed by atoms with van der Waals surface area (Å²) in [7, 11) is 0. The van der Waals surface area contributed by atoms with E-state index in [4.69, 9.17) is 9.26 Å². The first kappa shape index (κ1) is 17.1. The molecule has 1 saturated heterocycles. The fraction of sp³-hybridized carbons (Fsp3) is 0.650. The highest BCUT2D eigenvalue weighted by molar-refractivity contribution is 5.23. The number of rotatable bonds is 5. The Morgan fingerprint density at radius 2 is 2.04 bits per heavy atom. The van der Waals surface area contributed by atoms with Crippen molar-refractivity contribution in [3.05, 3.63) is 45.5 Å². The molecule has 7 nitrogen and oxygen atoms in total. The standard InChI is InChI=1S/C20H26N4O3/c25-20-9-17(15-1-2-15)21-13-24(20)10-14-3-6-23(7-4-14)11-18-16-12-26-8-5-19(16)27-22-18/h9,13-15H,1-8,10-12H2. The van der Waals surface area contributed by atoms with Crippen molar-refractivity contribution >= 4 is 0 Å². The third-order valence-electron chi connectivity index (χ3n) is 6.10. The van der Waals surface area contributed by atoms with Crippen LogP contribution in [0.1, 0.15) is 54.3 Å². The minimum absolute atomic E-state index is 0.101. The molecular formula is C20H26N4O3. The molecule has 0 amide bonds. The van der Waals surface area contributed by atoms with E-state index in [2.05, 4.69) is 15.0 Å². The Balaban J connectivity index is 1.16. The zero-order chi connectivity index (χ0) is 18.2. The number of aromatic nitrogens is 3. The molecular weight excluding hydrogens is 344 g/mol. The number of piperidine rings is 1. The molecule has 0 radical (unpaired) electrons. The third-order valence-corrected chi connectivity index (χ3v) is 6.10. The summed E-state index contributed by atoms with van der Waals surface area (Å²) in [5, 5.41) is 4.27. The summed E-state index contributed by atoms with van der Waals surface area (Å²) >= 11 is 0. The second-order valence-electron chi connectivity index (χ2n) is 8.13. The monoisotopic (exact) mass is 370 g/mol. The topological polar surface area (TPSA) is 73.4 Å². The van der Waals surface area contributed by atoms with Crippen LogP contribution in [-0.4, -0.2) is 39.3 Å². The summed E-state index contributed by atoms with van der Waals surface area (Å²) < 4.78 is 12.8. The maximum atomic E-state index is 12.3. The molecule has 0 N–H and O–H groups in total. The largest absolute Gasteiger partial charge is 0.376 e. The van der Waals surface area contributed by atoms with Crippen LogP contribution in [0, 0.1) is 5.92 Å². The summed E-state index contributed by atoms with van der Waals surface area (Å²) in [6, 6.07) is 1.74. The molecule has 2 aromatic rings. The summed E-state index contributed by atoms with van der Waals surface area (Å²) in [4.78, 5) is 19.3. The lowest BCUT2D eigenvalue weighted by Gasteiger charge is -2.31. The van der Waals surface area contributed by atoms with E-state index in [0.717, 1.165) is 74.8 Å². The summed E-state index contributed by atoms with van der Waals surface area (Å²) in [6.45, 7) is 5.00. The van der Waals surface area contributed by atoms with Gasteiger partial charge in [-0.05, 0) is 44.7 Å². The average molecular weight is 370 g/mol. The fourth-order valence-electron chi connectivity index (χ4n) is 4.20. The average Bonchev–Trinajstić information content (AvgIpc) is 3.47. The van der Waals surface area contributed by atoms with E-state index in [-0.39, 0.29) is 5.56 Å². The van der Waals surface area contributed by atoms with Gasteiger partial charge in [0.2, 0.25) is 0 Å². The van der Waals surface area contributed by atoms with Crippen LogP contribution < -0.4 is 5.56 Å². The predicted molar refractivity (Wildman–Crippen MR) is 98.3 cm³/mol. The van der Waals surface area contributed by atoms with Gasteiger partial charge in [0.1, 0.15) is 11.5 Å². The lowest BCUT2D eigenvalue weighted by molar-refractivity contribution is 0.102. The van der Waals surface area contributed by atoms with E-state index in [0.29, 0.717) is 18.4 Å². The van der Waals surface area contributed by atoms with Gasteiger partial charge < -0.3 is 9.26 Å². The predicted octanol–water partition coefficient (Wildman–Crippen LogP) is 2.09. The minimum atomic E-state index is 0.101. The molecule has 27 heavy (non-hydrogen) atoms. The van der Waals surface area contributed by atoms with Crippen LogP contribution in [0.3, 0.4) is 0 Å². The van der Waals surface area contributed by atoms with E-state index in [1.807, 2.05) is 0 Å². The summed E-state index contributed by atoms with van der Waals surface area (Å²) in [5.41, 5.74) is 3.26. The Kier molecular flexibility index (Phi) is 4.57. The van der Waals surface area contributed by atoms with Crippen LogP contribution in [0.15, 0.2) is 21.7 Å². The molecule has 1 aliphatic carbocycles. The van der Waals surface area contributed by atoms with E-state index in [1.54, 1.807) is 17.0 Å². The van der Waals surface area contributed by atoms with Crippen LogP contribution in [0.4, 0.5) is 0 Å². The second-order valence-corrected chi connectivity index (χ2v) is 8.13. The Morgan fingerprint density at radius 1 is 1.19 bits per heavy atom. The van der Waals surface area contributed by atoms with Crippen molar-refractivity contribution in [1.29, 1.82) is 0 Å². The maximum Gasteiger partial charge on any atom is 0.253 e. The van der Waals surface area contributed by atoms with Crippen molar-refractivity contribution in [3.8, 4) is 0 Å². The number of fused-ring (bicyclic) bond motifs is 1. The molecule has 144 valence electrons. The van der Waals surface area contributed by atoms with Crippen LogP contribution in [0.5, 0.6) is 0 Å². The van der Waals surface area contributed by atoms with Gasteiger partial charge in [-0.15, -0.1) is 0 Å². The molecule has 0 atom stereocenters. The number of hydrogen-bond donors (Lipinski definition) is 0. The quantitative estimate of drug-likeness (QED) is 0.802. The smallest absolute Gasteiger partial charge is 0.253 e. The van der Waals surface area contributed by atoms with Gasteiger partial charge in [-0.25, -0.2) is 4.98 Å². The first-order valence-electron chi connectivity index (χ1n) is 10.1. The van der Waals surface area contributed by atoms with Crippen molar-refractivity contribution in [3.63, 3.8) is 0 Å². The number of nitrogens with zero attached hydrogens (tertiary/aromatic N) is 4. The summed E-state index contributed by atoms with van der Waals surface area (Å²) in [6.07, 6.45) is 7.11. The van der Waals surface area contributed by atoms with Crippen molar-refractivity contribution in [2.45, 2.75) is 57.7 Å². The van der Waals surface area contributed by atoms with Crippen molar-refractivity contribution in [1.82, 2.24) is 19.6 Å². The number of hydrogen-bond acceptors (Lipinski definition) is 6. The van der Waals surface area contributed by atoms with E-state index >= 15 is 0 Å². The second kappa shape index (κ2) is 7.20. The van der Waals surface area contributed by atoms with Gasteiger partial charge in [0.15, 0.2) is 0 Å². The fourth-order valence-corrected chi connectivity index (χ4v) is 4.20. The Morgan fingerprint density at radius 3 is 2.81 bits per heavy atom. The van der Waals surface area contributed by atoms with E-state index in [1.165, 1.54) is 12.8 Å². The molecule has 2 aromatic heterocycles. The highest BCUT2D eigenvalue weighted by atomic mass is 16.5. The Hall–Kier alpha value is -1.99. The SMILES string of the molecule is O=c1cc(C2CC2)ncn1CC1CCN(Cc2noc3c2COCC3)CC1. The highest BCUT2D eigenvalue weighted by Gasteiger charge is 2.27. The zero-order valence-corrected chi connectivity index (χ0v) is 15.6. The van der Waals surface area contributed by atoms with Gasteiger partial charge in [-0.2, -0.15) is 0 Å². The lowest BCUT2D eigenvalue weighted by Crippen LogP contribution is -2.36. The molecule has 0 spiro atoms. The normalized spacial score (nSPS) is 21.3. The molecule has 7 heteroatoms. The van der Waals surface area contributed by atoms with Crippen LogP contribution in [0.2, 0.25) is 0 Å². The first-order chi connectivity index (χ1) is 13.3. The number of ether oxygens (including phenoxy) is 1. The minimum Gasteiger partial charge on any atom is -0.376 e. The van der Waals surface area contributed by atoms with Gasteiger partial charge in [0.05, 0.1) is 25.2 Å². The maximum absolute atomic E-state index is 12.3. The molecule has 0 aromatic carbocycles. The van der Waals surface area contributed by atoms with E-state index in [9.17, 15) is 4.79 Å². The van der Waals surface area contributed by atoms with Crippen LogP contribution in [-0.2, 0) is 30.9 Å².